The van der Waals surface area contributed by atoms with Gasteiger partial charge in [-0.3, -0.25) is 4.40 Å². The van der Waals surface area contributed by atoms with Crippen molar-refractivity contribution >= 4 is 5.52 Å². The minimum atomic E-state index is -0.260. The predicted octanol–water partition coefficient (Wildman–Crippen LogP) is 4.54. The normalized spacial score (nSPS) is 10.4. The smallest absolute Gasteiger partial charge is 0.146 e. The van der Waals surface area contributed by atoms with Crippen molar-refractivity contribution in [2.45, 2.75) is 0 Å². The summed E-state index contributed by atoms with van der Waals surface area (Å²) in [6, 6.07) is 22.0. The number of rotatable bonds is 1. The number of pyridine rings is 1. The molecule has 4 aromatic rings. The molecule has 0 saturated carbocycles. The highest BCUT2D eigenvalue weighted by atomic mass is 19.1. The lowest BCUT2D eigenvalue weighted by Crippen LogP contribution is -1.88. The quantitative estimate of drug-likeness (QED) is 0.472. The van der Waals surface area contributed by atoms with E-state index in [9.17, 15) is 4.39 Å². The summed E-state index contributed by atoms with van der Waals surface area (Å²) in [5.41, 5.74) is 3.43. The molecule has 0 aliphatic carbocycles. The summed E-state index contributed by atoms with van der Waals surface area (Å²) in [5.74, 6) is 6.78. The van der Waals surface area contributed by atoms with Crippen LogP contribution < -0.4 is 0 Å². The third kappa shape index (κ3) is 2.66. The first-order valence-electron chi connectivity index (χ1n) is 7.61. The first-order valence-corrected chi connectivity index (χ1v) is 7.61. The van der Waals surface area contributed by atoms with Crippen LogP contribution in [-0.2, 0) is 0 Å². The average molecular weight is 312 g/mol. The second-order valence-electron chi connectivity index (χ2n) is 5.36. The summed E-state index contributed by atoms with van der Waals surface area (Å²) in [4.78, 5) is 4.67. The van der Waals surface area contributed by atoms with Crippen LogP contribution in [0.3, 0.4) is 0 Å². The summed E-state index contributed by atoms with van der Waals surface area (Å²) in [5, 5.41) is 0. The zero-order chi connectivity index (χ0) is 16.4. The van der Waals surface area contributed by atoms with Crippen molar-refractivity contribution in [3.05, 3.63) is 96.1 Å². The molecule has 3 heteroatoms. The molecule has 2 nitrogen and oxygen atoms in total. The van der Waals surface area contributed by atoms with Crippen molar-refractivity contribution in [1.29, 1.82) is 0 Å². The Hall–Kier alpha value is -3.38. The van der Waals surface area contributed by atoms with Crippen LogP contribution in [0.2, 0.25) is 0 Å². The Balaban J connectivity index is 1.86. The van der Waals surface area contributed by atoms with E-state index >= 15 is 0 Å². The second kappa shape index (κ2) is 6.02. The highest BCUT2D eigenvalue weighted by molar-refractivity contribution is 5.69. The van der Waals surface area contributed by atoms with E-state index in [4.69, 9.17) is 0 Å². The maximum Gasteiger partial charge on any atom is 0.146 e. The van der Waals surface area contributed by atoms with Gasteiger partial charge >= 0.3 is 0 Å². The van der Waals surface area contributed by atoms with Gasteiger partial charge in [-0.15, -0.1) is 0 Å². The molecule has 0 fully saturated rings. The molecular formula is C21H13FN2. The average Bonchev–Trinajstić information content (AvgIpc) is 3.00. The molecule has 0 unspecified atom stereocenters. The summed E-state index contributed by atoms with van der Waals surface area (Å²) in [6.07, 6.45) is 1.94. The lowest BCUT2D eigenvalue weighted by molar-refractivity contribution is 0.628. The van der Waals surface area contributed by atoms with Crippen LogP contribution in [0.25, 0.3) is 16.9 Å². The van der Waals surface area contributed by atoms with Gasteiger partial charge in [-0.05, 0) is 54.5 Å². The largest absolute Gasteiger partial charge is 0.298 e. The van der Waals surface area contributed by atoms with Gasteiger partial charge in [-0.1, -0.05) is 30.2 Å². The Labute approximate surface area is 139 Å². The molecule has 0 amide bonds. The van der Waals surface area contributed by atoms with Crippen molar-refractivity contribution in [3.8, 4) is 23.2 Å². The molecule has 0 radical (unpaired) electrons. The number of fused-ring (bicyclic) bond motifs is 1. The molecule has 4 rings (SSSR count). The Bertz CT molecular complexity index is 1050. The molecule has 0 atom stereocenters. The topological polar surface area (TPSA) is 17.3 Å². The molecule has 2 aromatic carbocycles. The fourth-order valence-corrected chi connectivity index (χ4v) is 2.59. The maximum atomic E-state index is 13.2. The lowest BCUT2D eigenvalue weighted by Gasteiger charge is -2.00. The summed E-state index contributed by atoms with van der Waals surface area (Å²) in [6.45, 7) is 0. The maximum absolute atomic E-state index is 13.2. The van der Waals surface area contributed by atoms with Crippen molar-refractivity contribution in [1.82, 2.24) is 9.38 Å². The number of benzene rings is 2. The van der Waals surface area contributed by atoms with Gasteiger partial charge in [-0.25, -0.2) is 9.37 Å². The number of nitrogens with zero attached hydrogens (tertiary/aromatic N) is 2. The Kier molecular flexibility index (Phi) is 3.57. The van der Waals surface area contributed by atoms with Crippen molar-refractivity contribution in [3.63, 3.8) is 0 Å². The molecule has 0 aliphatic heterocycles. The van der Waals surface area contributed by atoms with E-state index in [2.05, 4.69) is 16.8 Å². The van der Waals surface area contributed by atoms with Crippen molar-refractivity contribution in [2.24, 2.45) is 0 Å². The van der Waals surface area contributed by atoms with Crippen molar-refractivity contribution in [2.75, 3.05) is 0 Å². The van der Waals surface area contributed by atoms with E-state index in [1.165, 1.54) is 12.1 Å². The minimum Gasteiger partial charge on any atom is -0.298 e. The van der Waals surface area contributed by atoms with Crippen LogP contribution in [0, 0.1) is 17.7 Å². The van der Waals surface area contributed by atoms with Gasteiger partial charge in [0.2, 0.25) is 0 Å². The third-order valence-electron chi connectivity index (χ3n) is 3.75. The van der Waals surface area contributed by atoms with E-state index in [-0.39, 0.29) is 5.82 Å². The van der Waals surface area contributed by atoms with Crippen molar-refractivity contribution < 1.29 is 4.39 Å². The molecule has 0 bridgehead atoms. The fraction of sp³-hybridized carbons (Fsp3) is 0. The highest BCUT2D eigenvalue weighted by Crippen LogP contribution is 2.22. The van der Waals surface area contributed by atoms with Gasteiger partial charge in [0.25, 0.3) is 0 Å². The van der Waals surface area contributed by atoms with Gasteiger partial charge in [0.05, 0.1) is 5.52 Å². The van der Waals surface area contributed by atoms with E-state index in [0.29, 0.717) is 5.69 Å². The van der Waals surface area contributed by atoms with E-state index < -0.39 is 0 Å². The summed E-state index contributed by atoms with van der Waals surface area (Å²) in [7, 11) is 0. The Morgan fingerprint density at radius 3 is 2.33 bits per heavy atom. The molecule has 2 aromatic heterocycles. The van der Waals surface area contributed by atoms with Gasteiger partial charge < -0.3 is 0 Å². The SMILES string of the molecule is Fc1ccc(-c2nc(C#Cc3ccccc3)c3ccccn23)cc1. The summed E-state index contributed by atoms with van der Waals surface area (Å²) < 4.78 is 15.2. The van der Waals surface area contributed by atoms with Gasteiger partial charge in [0.1, 0.15) is 17.3 Å². The number of imidazole rings is 1. The van der Waals surface area contributed by atoms with E-state index in [1.807, 2.05) is 59.1 Å². The van der Waals surface area contributed by atoms with Crippen LogP contribution in [0.15, 0.2) is 79.0 Å². The van der Waals surface area contributed by atoms with Crippen LogP contribution in [0.1, 0.15) is 11.3 Å². The van der Waals surface area contributed by atoms with Crippen LogP contribution in [0.5, 0.6) is 0 Å². The molecule has 2 heterocycles. The van der Waals surface area contributed by atoms with Gasteiger partial charge in [-0.2, -0.15) is 0 Å². The highest BCUT2D eigenvalue weighted by Gasteiger charge is 2.10. The van der Waals surface area contributed by atoms with Crippen LogP contribution in [0.4, 0.5) is 4.39 Å². The third-order valence-corrected chi connectivity index (χ3v) is 3.75. The second-order valence-corrected chi connectivity index (χ2v) is 5.36. The Morgan fingerprint density at radius 1 is 0.792 bits per heavy atom. The fourth-order valence-electron chi connectivity index (χ4n) is 2.59. The Morgan fingerprint density at radius 2 is 1.54 bits per heavy atom. The molecular weight excluding hydrogens is 299 g/mol. The number of hydrogen-bond donors (Lipinski definition) is 0. The van der Waals surface area contributed by atoms with Gasteiger partial charge in [0, 0.05) is 17.3 Å². The zero-order valence-electron chi connectivity index (χ0n) is 12.8. The molecule has 0 N–H and O–H groups in total. The standard InChI is InChI=1S/C21H13FN2/c22-18-12-10-17(11-13-18)21-23-19(20-8-4-5-15-24(20)21)14-9-16-6-2-1-3-7-16/h1-8,10-13,15H. The molecule has 114 valence electrons. The summed E-state index contributed by atoms with van der Waals surface area (Å²) >= 11 is 0. The van der Waals surface area contributed by atoms with Crippen LogP contribution >= 0.6 is 0 Å². The van der Waals surface area contributed by atoms with E-state index in [0.717, 1.165) is 22.5 Å². The lowest BCUT2D eigenvalue weighted by atomic mass is 10.2. The number of hydrogen-bond acceptors (Lipinski definition) is 1. The van der Waals surface area contributed by atoms with Crippen LogP contribution in [-0.4, -0.2) is 9.38 Å². The number of halogens is 1. The predicted molar refractivity (Wildman–Crippen MR) is 93.0 cm³/mol. The first-order chi connectivity index (χ1) is 11.8. The van der Waals surface area contributed by atoms with Gasteiger partial charge in [0.15, 0.2) is 0 Å². The monoisotopic (exact) mass is 312 g/mol. The minimum absolute atomic E-state index is 0.260. The zero-order valence-corrected chi connectivity index (χ0v) is 12.8. The molecule has 0 saturated heterocycles. The van der Waals surface area contributed by atoms with E-state index in [1.54, 1.807) is 12.1 Å². The molecule has 24 heavy (non-hydrogen) atoms. The number of aromatic nitrogens is 2. The molecule has 0 aliphatic rings. The first kappa shape index (κ1) is 14.2. The molecule has 0 spiro atoms.